The second kappa shape index (κ2) is 12.7. The highest BCUT2D eigenvalue weighted by molar-refractivity contribution is 5.85. The maximum Gasteiger partial charge on any atom is 0.371 e. The van der Waals surface area contributed by atoms with Crippen molar-refractivity contribution in [3.05, 3.63) is 0 Å². The van der Waals surface area contributed by atoms with E-state index in [0.717, 1.165) is 77.5 Å². The third-order valence-electron chi connectivity index (χ3n) is 6.36. The van der Waals surface area contributed by atoms with Gasteiger partial charge in [-0.05, 0) is 79.1 Å². The molecule has 2 heterocycles. The maximum absolute atomic E-state index is 13.7. The number of ether oxygens (including phenoxy) is 3. The summed E-state index contributed by atoms with van der Waals surface area (Å²) >= 11 is 0. The molecule has 0 aromatic rings. The number of likely N-dealkylation sites (tertiary alicyclic amines) is 2. The van der Waals surface area contributed by atoms with Crippen LogP contribution in [0, 0.1) is 5.92 Å². The highest BCUT2D eigenvalue weighted by atomic mass is 35.5. The molecule has 0 aromatic carbocycles. The number of carbonyl (C=O) groups excluding carboxylic acids is 2. The Kier molecular flexibility index (Phi) is 11.7. The summed E-state index contributed by atoms with van der Waals surface area (Å²) in [4.78, 5) is 30.2. The van der Waals surface area contributed by atoms with Crippen LogP contribution in [0.25, 0.3) is 0 Å². The topological polar surface area (TPSA) is 68.3 Å². The summed E-state index contributed by atoms with van der Waals surface area (Å²) in [5.41, 5.74) is -0.577. The Balaban J connectivity index is 0.00000256. The van der Waals surface area contributed by atoms with Crippen LogP contribution >= 0.6 is 24.8 Å². The zero-order valence-corrected chi connectivity index (χ0v) is 21.7. The van der Waals surface area contributed by atoms with Gasteiger partial charge in [0.05, 0.1) is 18.6 Å². The first-order chi connectivity index (χ1) is 14.3. The molecule has 3 rings (SSSR count). The van der Waals surface area contributed by atoms with E-state index in [2.05, 4.69) is 9.80 Å². The summed E-state index contributed by atoms with van der Waals surface area (Å²) < 4.78 is 17.9. The van der Waals surface area contributed by atoms with Crippen LogP contribution in [0.5, 0.6) is 0 Å². The molecule has 1 aliphatic carbocycles. The van der Waals surface area contributed by atoms with Crippen molar-refractivity contribution < 1.29 is 23.8 Å². The maximum atomic E-state index is 13.7. The van der Waals surface area contributed by atoms with Gasteiger partial charge < -0.3 is 14.2 Å². The molecule has 2 saturated heterocycles. The van der Waals surface area contributed by atoms with Crippen molar-refractivity contribution in [3.63, 3.8) is 0 Å². The molecular weight excluding hydrogens is 455 g/mol. The molecule has 188 valence electrons. The third kappa shape index (κ3) is 6.95. The van der Waals surface area contributed by atoms with Crippen molar-refractivity contribution in [1.29, 1.82) is 0 Å². The van der Waals surface area contributed by atoms with Gasteiger partial charge in [0.25, 0.3) is 5.85 Å². The molecule has 0 bridgehead atoms. The predicted octanol–water partition coefficient (Wildman–Crippen LogP) is 4.16. The van der Waals surface area contributed by atoms with Gasteiger partial charge in [-0.3, -0.25) is 14.6 Å². The van der Waals surface area contributed by atoms with E-state index in [1.54, 1.807) is 0 Å². The van der Waals surface area contributed by atoms with Crippen LogP contribution in [0.15, 0.2) is 0 Å². The summed E-state index contributed by atoms with van der Waals surface area (Å²) in [5, 5.41) is 0. The van der Waals surface area contributed by atoms with Gasteiger partial charge in [0.1, 0.15) is 5.60 Å². The number of hydrogen-bond donors (Lipinski definition) is 0. The molecule has 0 spiro atoms. The van der Waals surface area contributed by atoms with E-state index in [4.69, 9.17) is 14.2 Å². The highest BCUT2D eigenvalue weighted by Crippen LogP contribution is 2.37. The average Bonchev–Trinajstić information content (AvgIpc) is 3.40. The lowest BCUT2D eigenvalue weighted by atomic mass is 9.87. The summed E-state index contributed by atoms with van der Waals surface area (Å²) in [5.74, 6) is -1.60. The monoisotopic (exact) mass is 496 g/mol. The second-order valence-electron chi connectivity index (χ2n) is 9.84. The summed E-state index contributed by atoms with van der Waals surface area (Å²) in [6, 6.07) is 0. The Labute approximate surface area is 205 Å². The number of nitrogens with zero attached hydrogens (tertiary/aromatic N) is 2. The van der Waals surface area contributed by atoms with Crippen LogP contribution < -0.4 is 0 Å². The van der Waals surface area contributed by atoms with E-state index in [1.807, 2.05) is 27.7 Å². The molecule has 0 aromatic heterocycles. The van der Waals surface area contributed by atoms with Gasteiger partial charge in [-0.2, -0.15) is 0 Å². The van der Waals surface area contributed by atoms with Gasteiger partial charge in [0, 0.05) is 26.2 Å². The Morgan fingerprint density at radius 2 is 1.31 bits per heavy atom. The summed E-state index contributed by atoms with van der Waals surface area (Å²) in [6.45, 7) is 11.4. The van der Waals surface area contributed by atoms with Gasteiger partial charge >= 0.3 is 11.9 Å². The minimum absolute atomic E-state index is 0. The fourth-order valence-electron chi connectivity index (χ4n) is 4.95. The van der Waals surface area contributed by atoms with Crippen LogP contribution in [0.3, 0.4) is 0 Å². The SMILES string of the molecule is CCOC(=O)C1CCC(OC(C(=O)OC(C)(C)C)(N2CCCC2)N2CCCC2)CC1.Cl.Cl. The van der Waals surface area contributed by atoms with Crippen LogP contribution in [-0.4, -0.2) is 72.1 Å². The molecule has 0 N–H and O–H groups in total. The highest BCUT2D eigenvalue weighted by Gasteiger charge is 2.55. The van der Waals surface area contributed by atoms with E-state index in [1.165, 1.54) is 0 Å². The number of carbonyl (C=O) groups is 2. The van der Waals surface area contributed by atoms with Gasteiger partial charge in [-0.15, -0.1) is 24.8 Å². The van der Waals surface area contributed by atoms with Crippen molar-refractivity contribution in [2.75, 3.05) is 32.8 Å². The van der Waals surface area contributed by atoms with Crippen molar-refractivity contribution in [3.8, 4) is 0 Å². The minimum Gasteiger partial charge on any atom is -0.466 e. The fourth-order valence-corrected chi connectivity index (χ4v) is 4.95. The van der Waals surface area contributed by atoms with Gasteiger partial charge in [0.15, 0.2) is 0 Å². The number of rotatable bonds is 7. The first kappa shape index (κ1) is 29.4. The number of hydrogen-bond acceptors (Lipinski definition) is 7. The molecule has 32 heavy (non-hydrogen) atoms. The minimum atomic E-state index is -1.15. The average molecular weight is 498 g/mol. The Bertz CT molecular complexity index is 578. The summed E-state index contributed by atoms with van der Waals surface area (Å²) in [7, 11) is 0. The van der Waals surface area contributed by atoms with Crippen molar-refractivity contribution >= 4 is 36.8 Å². The molecule has 0 amide bonds. The van der Waals surface area contributed by atoms with E-state index in [0.29, 0.717) is 6.61 Å². The Morgan fingerprint density at radius 3 is 1.72 bits per heavy atom. The van der Waals surface area contributed by atoms with Crippen LogP contribution in [0.1, 0.15) is 79.1 Å². The van der Waals surface area contributed by atoms with Gasteiger partial charge in [0.2, 0.25) is 0 Å². The molecule has 0 unspecified atom stereocenters. The standard InChI is InChI=1S/C23H40N2O5.2ClH/c1-5-28-20(26)18-10-12-19(13-11-18)29-23(24-14-6-7-15-24,25-16-8-9-17-25)21(27)30-22(2,3)4;;/h18-19H,5-17H2,1-4H3;2*1H. The molecule has 3 aliphatic rings. The first-order valence-electron chi connectivity index (χ1n) is 11.8. The first-order valence-corrected chi connectivity index (χ1v) is 11.8. The normalized spacial score (nSPS) is 25.0. The molecule has 9 heteroatoms. The molecule has 1 saturated carbocycles. The van der Waals surface area contributed by atoms with Crippen LogP contribution in [0.4, 0.5) is 0 Å². The number of esters is 2. The van der Waals surface area contributed by atoms with E-state index < -0.39 is 11.4 Å². The van der Waals surface area contributed by atoms with Crippen LogP contribution in [-0.2, 0) is 23.8 Å². The van der Waals surface area contributed by atoms with E-state index in [-0.39, 0.29) is 48.8 Å². The van der Waals surface area contributed by atoms with E-state index in [9.17, 15) is 9.59 Å². The Hall–Kier alpha value is -0.600. The quantitative estimate of drug-likeness (QED) is 0.490. The second-order valence-corrected chi connectivity index (χ2v) is 9.84. The van der Waals surface area contributed by atoms with Crippen molar-refractivity contribution in [2.24, 2.45) is 5.92 Å². The largest absolute Gasteiger partial charge is 0.466 e. The Morgan fingerprint density at radius 1 is 0.844 bits per heavy atom. The summed E-state index contributed by atoms with van der Waals surface area (Å²) in [6.07, 6.45) is 7.21. The van der Waals surface area contributed by atoms with Gasteiger partial charge in [-0.25, -0.2) is 4.79 Å². The van der Waals surface area contributed by atoms with E-state index >= 15 is 0 Å². The molecule has 2 aliphatic heterocycles. The van der Waals surface area contributed by atoms with Crippen molar-refractivity contribution in [1.82, 2.24) is 9.80 Å². The molecule has 7 nitrogen and oxygen atoms in total. The zero-order valence-electron chi connectivity index (χ0n) is 20.1. The van der Waals surface area contributed by atoms with Gasteiger partial charge in [-0.1, -0.05) is 0 Å². The third-order valence-corrected chi connectivity index (χ3v) is 6.36. The molecular formula is C23H42Cl2N2O5. The number of halogens is 2. The molecule has 0 atom stereocenters. The molecule has 3 fully saturated rings. The smallest absolute Gasteiger partial charge is 0.371 e. The fraction of sp³-hybridized carbons (Fsp3) is 0.913. The lowest BCUT2D eigenvalue weighted by molar-refractivity contribution is -0.274. The van der Waals surface area contributed by atoms with Crippen LogP contribution in [0.2, 0.25) is 0 Å². The molecule has 0 radical (unpaired) electrons. The zero-order chi connectivity index (χ0) is 21.8. The predicted molar refractivity (Wildman–Crippen MR) is 128 cm³/mol. The van der Waals surface area contributed by atoms with Crippen molar-refractivity contribution in [2.45, 2.75) is 96.6 Å². The lowest BCUT2D eigenvalue weighted by Crippen LogP contribution is -2.68. The lowest BCUT2D eigenvalue weighted by Gasteiger charge is -2.48.